The number of aliphatic hydroxyl groups excluding tert-OH is 1. The number of rotatable bonds is 5. The van der Waals surface area contributed by atoms with Crippen molar-refractivity contribution in [1.29, 1.82) is 5.41 Å². The topological polar surface area (TPSA) is 89.6 Å². The van der Waals surface area contributed by atoms with E-state index >= 15 is 0 Å². The van der Waals surface area contributed by atoms with Crippen molar-refractivity contribution >= 4 is 22.3 Å². The van der Waals surface area contributed by atoms with Gasteiger partial charge in [-0.3, -0.25) is 0 Å². The summed E-state index contributed by atoms with van der Waals surface area (Å²) in [7, 11) is 1.78. The molecule has 3 N–H and O–H groups in total. The highest BCUT2D eigenvalue weighted by Gasteiger charge is 2.21. The Labute approximate surface area is 175 Å². The minimum atomic E-state index is -0.370. The van der Waals surface area contributed by atoms with Gasteiger partial charge >= 0.3 is 5.63 Å². The number of benzene rings is 1. The van der Waals surface area contributed by atoms with Crippen LogP contribution in [-0.4, -0.2) is 49.0 Å². The van der Waals surface area contributed by atoms with E-state index in [9.17, 15) is 4.79 Å². The fourth-order valence-corrected chi connectivity index (χ4v) is 4.22. The number of likely N-dealkylation sites (tertiary alicyclic amines) is 1. The average Bonchev–Trinajstić information content (AvgIpc) is 2.75. The first-order valence-electron chi connectivity index (χ1n) is 10.4. The molecule has 1 saturated heterocycles. The van der Waals surface area contributed by atoms with Crippen molar-refractivity contribution in [1.82, 2.24) is 10.2 Å². The smallest absolute Gasteiger partial charge is 0.344 e. The van der Waals surface area contributed by atoms with Crippen molar-refractivity contribution in [2.45, 2.75) is 18.8 Å². The Balaban J connectivity index is 1.62. The summed E-state index contributed by atoms with van der Waals surface area (Å²) in [6.45, 7) is 2.89. The molecule has 0 amide bonds. The summed E-state index contributed by atoms with van der Waals surface area (Å²) >= 11 is 0. The molecule has 0 unspecified atom stereocenters. The van der Waals surface area contributed by atoms with E-state index < -0.39 is 0 Å². The number of aliphatic hydroxyl groups is 1. The molecule has 4 rings (SSSR count). The minimum absolute atomic E-state index is 0.202. The van der Waals surface area contributed by atoms with Gasteiger partial charge in [-0.2, -0.15) is 0 Å². The molecule has 0 atom stereocenters. The van der Waals surface area contributed by atoms with Crippen molar-refractivity contribution in [2.75, 3.05) is 33.3 Å². The highest BCUT2D eigenvalue weighted by molar-refractivity contribution is 6.13. The van der Waals surface area contributed by atoms with Crippen molar-refractivity contribution in [2.24, 2.45) is 0 Å². The van der Waals surface area contributed by atoms with Gasteiger partial charge in [0.1, 0.15) is 5.58 Å². The number of piperidine rings is 1. The van der Waals surface area contributed by atoms with Crippen LogP contribution in [0.25, 0.3) is 16.5 Å². The molecule has 0 radical (unpaired) electrons. The Morgan fingerprint density at radius 2 is 2.07 bits per heavy atom. The molecule has 1 aliphatic heterocycles. The van der Waals surface area contributed by atoms with Gasteiger partial charge in [-0.15, -0.1) is 0 Å². The monoisotopic (exact) mass is 405 g/mol. The second-order valence-electron chi connectivity index (χ2n) is 7.82. The van der Waals surface area contributed by atoms with Gasteiger partial charge in [-0.05, 0) is 67.3 Å². The maximum atomic E-state index is 12.7. The van der Waals surface area contributed by atoms with Gasteiger partial charge in [0, 0.05) is 30.8 Å². The Bertz CT molecular complexity index is 1100. The second kappa shape index (κ2) is 8.81. The molecule has 2 aromatic rings. The first-order valence-corrected chi connectivity index (χ1v) is 10.4. The number of allylic oxidation sites excluding steroid dienone is 5. The van der Waals surface area contributed by atoms with Gasteiger partial charge in [-0.25, -0.2) is 4.79 Å². The summed E-state index contributed by atoms with van der Waals surface area (Å²) in [5.41, 5.74) is 3.79. The Hall–Kier alpha value is -2.96. The highest BCUT2D eigenvalue weighted by Crippen LogP contribution is 2.31. The molecule has 2 heterocycles. The molecule has 2 aliphatic rings. The molecule has 0 bridgehead atoms. The van der Waals surface area contributed by atoms with Crippen LogP contribution in [0.15, 0.2) is 63.5 Å². The summed E-state index contributed by atoms with van der Waals surface area (Å²) in [6, 6.07) is 8.03. The van der Waals surface area contributed by atoms with Crippen molar-refractivity contribution in [3.63, 3.8) is 0 Å². The second-order valence-corrected chi connectivity index (χ2v) is 7.82. The molecular formula is C24H27N3O3. The van der Waals surface area contributed by atoms with Gasteiger partial charge in [0.15, 0.2) is 0 Å². The third-order valence-electron chi connectivity index (χ3n) is 5.90. The number of β-amino-alcohol motifs (C(OH)–C–C–N with tert-alkyl or cyclic N) is 1. The lowest BCUT2D eigenvalue weighted by Gasteiger charge is -2.31. The average molecular weight is 405 g/mol. The lowest BCUT2D eigenvalue weighted by atomic mass is 9.89. The van der Waals surface area contributed by atoms with E-state index in [0.717, 1.165) is 49.0 Å². The Morgan fingerprint density at radius 3 is 2.80 bits per heavy atom. The molecule has 6 heteroatoms. The number of fused-ring (bicyclic) bond motifs is 1. The molecular weight excluding hydrogens is 378 g/mol. The van der Waals surface area contributed by atoms with Crippen LogP contribution in [0.1, 0.15) is 29.9 Å². The van der Waals surface area contributed by atoms with Crippen molar-refractivity contribution in [3.05, 3.63) is 75.8 Å². The van der Waals surface area contributed by atoms with Crippen LogP contribution in [0.5, 0.6) is 0 Å². The molecule has 0 saturated carbocycles. The number of nitrogens with one attached hydrogen (secondary N) is 2. The SMILES string of the molecule is CN/C=C1/C=C(c2cc3ccc(C4CCN(CCO)CC4)cc3oc2=O)C=CC1=N. The van der Waals surface area contributed by atoms with E-state index in [2.05, 4.69) is 16.3 Å². The van der Waals surface area contributed by atoms with Crippen LogP contribution in [0.2, 0.25) is 0 Å². The van der Waals surface area contributed by atoms with Gasteiger partial charge in [0.2, 0.25) is 0 Å². The van der Waals surface area contributed by atoms with Gasteiger partial charge in [0.05, 0.1) is 17.9 Å². The predicted molar refractivity (Wildman–Crippen MR) is 120 cm³/mol. The van der Waals surface area contributed by atoms with E-state index in [1.54, 1.807) is 25.4 Å². The highest BCUT2D eigenvalue weighted by atomic mass is 16.4. The summed E-state index contributed by atoms with van der Waals surface area (Å²) in [6.07, 6.45) is 9.12. The van der Waals surface area contributed by atoms with Gasteiger partial charge in [-0.1, -0.05) is 18.2 Å². The summed E-state index contributed by atoms with van der Waals surface area (Å²) < 4.78 is 5.70. The van der Waals surface area contributed by atoms with Crippen LogP contribution in [0.3, 0.4) is 0 Å². The molecule has 1 aliphatic carbocycles. The van der Waals surface area contributed by atoms with Crippen LogP contribution in [0.4, 0.5) is 0 Å². The van der Waals surface area contributed by atoms with Gasteiger partial charge < -0.3 is 25.1 Å². The Morgan fingerprint density at radius 1 is 1.27 bits per heavy atom. The third kappa shape index (κ3) is 4.15. The largest absolute Gasteiger partial charge is 0.422 e. The zero-order valence-electron chi connectivity index (χ0n) is 17.1. The minimum Gasteiger partial charge on any atom is -0.422 e. The van der Waals surface area contributed by atoms with E-state index in [1.165, 1.54) is 5.56 Å². The van der Waals surface area contributed by atoms with E-state index in [0.29, 0.717) is 22.8 Å². The van der Waals surface area contributed by atoms with E-state index in [-0.39, 0.29) is 12.2 Å². The van der Waals surface area contributed by atoms with Gasteiger partial charge in [0.25, 0.3) is 0 Å². The predicted octanol–water partition coefficient (Wildman–Crippen LogP) is 3.04. The summed E-state index contributed by atoms with van der Waals surface area (Å²) in [4.78, 5) is 15.0. The number of hydrogen-bond acceptors (Lipinski definition) is 6. The molecule has 156 valence electrons. The molecule has 30 heavy (non-hydrogen) atoms. The van der Waals surface area contributed by atoms with Crippen LogP contribution in [0, 0.1) is 5.41 Å². The van der Waals surface area contributed by atoms with E-state index in [1.807, 2.05) is 24.3 Å². The lowest BCUT2D eigenvalue weighted by Crippen LogP contribution is -2.34. The summed E-state index contributed by atoms with van der Waals surface area (Å²) in [5, 5.41) is 20.9. The van der Waals surface area contributed by atoms with Crippen molar-refractivity contribution < 1.29 is 9.52 Å². The fraction of sp³-hybridized carbons (Fsp3) is 0.333. The van der Waals surface area contributed by atoms with Crippen LogP contribution >= 0.6 is 0 Å². The molecule has 1 aromatic heterocycles. The first-order chi connectivity index (χ1) is 14.6. The zero-order chi connectivity index (χ0) is 21.1. The lowest BCUT2D eigenvalue weighted by molar-refractivity contribution is 0.164. The quantitative estimate of drug-likeness (QED) is 0.666. The normalized spacial score (nSPS) is 19.5. The van der Waals surface area contributed by atoms with Crippen LogP contribution < -0.4 is 10.9 Å². The third-order valence-corrected chi connectivity index (χ3v) is 5.90. The first kappa shape index (κ1) is 20.3. The molecule has 1 aromatic carbocycles. The maximum absolute atomic E-state index is 12.7. The Kier molecular flexibility index (Phi) is 5.97. The maximum Gasteiger partial charge on any atom is 0.344 e. The standard InChI is InChI=1S/C24H27N3O3/c1-26-15-20-12-18(4-5-22(20)25)21-13-19-3-2-17(14-23(19)30-24(21)29)16-6-8-27(9-7-16)10-11-28/h2-5,12-16,25-26,28H,6-11H2,1H3/b20-15-,25-22?. The van der Waals surface area contributed by atoms with Crippen LogP contribution in [-0.2, 0) is 0 Å². The number of hydrogen-bond donors (Lipinski definition) is 3. The summed E-state index contributed by atoms with van der Waals surface area (Å²) in [5.74, 6) is 0.443. The zero-order valence-corrected chi connectivity index (χ0v) is 17.1. The van der Waals surface area contributed by atoms with Crippen molar-refractivity contribution in [3.8, 4) is 0 Å². The molecule has 0 spiro atoms. The number of nitrogens with zero attached hydrogens (tertiary/aromatic N) is 1. The van der Waals surface area contributed by atoms with E-state index in [4.69, 9.17) is 14.9 Å². The molecule has 1 fully saturated rings. The fourth-order valence-electron chi connectivity index (χ4n) is 4.22. The molecule has 6 nitrogen and oxygen atoms in total.